The van der Waals surface area contributed by atoms with E-state index in [4.69, 9.17) is 4.74 Å². The molecule has 1 aromatic carbocycles. The number of nitrogens with zero attached hydrogens (tertiary/aromatic N) is 1. The molecule has 1 fully saturated rings. The van der Waals surface area contributed by atoms with Gasteiger partial charge in [-0.3, -0.25) is 4.79 Å². The van der Waals surface area contributed by atoms with Gasteiger partial charge in [-0.2, -0.15) is 0 Å². The van der Waals surface area contributed by atoms with Crippen LogP contribution in [0.2, 0.25) is 0 Å². The zero-order chi connectivity index (χ0) is 16.9. The maximum Gasteiger partial charge on any atom is 0.245 e. The van der Waals surface area contributed by atoms with Crippen molar-refractivity contribution in [2.45, 2.75) is 32.2 Å². The highest BCUT2D eigenvalue weighted by Crippen LogP contribution is 2.20. The molecule has 0 bridgehead atoms. The first-order chi connectivity index (χ1) is 10.9. The van der Waals surface area contributed by atoms with Gasteiger partial charge >= 0.3 is 0 Å². The molecule has 0 spiro atoms. The first-order valence-electron chi connectivity index (χ1n) is 8.30. The highest BCUT2D eigenvalue weighted by atomic mass is 16.5. The summed E-state index contributed by atoms with van der Waals surface area (Å²) in [5, 5.41) is 6.39. The van der Waals surface area contributed by atoms with Crippen LogP contribution < -0.4 is 15.4 Å². The fourth-order valence-electron chi connectivity index (χ4n) is 2.99. The van der Waals surface area contributed by atoms with Crippen LogP contribution in [0.1, 0.15) is 26.7 Å². The van der Waals surface area contributed by atoms with E-state index in [0.29, 0.717) is 5.92 Å². The van der Waals surface area contributed by atoms with Crippen molar-refractivity contribution >= 4 is 11.6 Å². The van der Waals surface area contributed by atoms with Crippen molar-refractivity contribution in [1.29, 1.82) is 0 Å². The van der Waals surface area contributed by atoms with Crippen LogP contribution in [0.25, 0.3) is 0 Å². The van der Waals surface area contributed by atoms with Gasteiger partial charge in [-0.1, -0.05) is 0 Å². The van der Waals surface area contributed by atoms with Crippen LogP contribution in [-0.2, 0) is 4.79 Å². The summed E-state index contributed by atoms with van der Waals surface area (Å²) in [5.74, 6) is 1.38. The summed E-state index contributed by atoms with van der Waals surface area (Å²) in [6, 6.07) is 7.61. The number of carbonyl (C=O) groups excluding carboxylic acids is 1. The van der Waals surface area contributed by atoms with E-state index in [2.05, 4.69) is 22.6 Å². The third-order valence-corrected chi connectivity index (χ3v) is 4.39. The first kappa shape index (κ1) is 17.6. The van der Waals surface area contributed by atoms with Crippen LogP contribution in [0.4, 0.5) is 5.69 Å². The van der Waals surface area contributed by atoms with Gasteiger partial charge in [-0.15, -0.1) is 0 Å². The molecule has 0 unspecified atom stereocenters. The number of benzene rings is 1. The summed E-state index contributed by atoms with van der Waals surface area (Å²) < 4.78 is 5.15. The Balaban J connectivity index is 1.85. The maximum atomic E-state index is 12.5. The zero-order valence-electron chi connectivity index (χ0n) is 14.7. The molecule has 0 saturated carbocycles. The largest absolute Gasteiger partial charge is 0.497 e. The molecule has 0 aliphatic carbocycles. The third-order valence-electron chi connectivity index (χ3n) is 4.39. The number of amides is 1. The number of methoxy groups -OCH3 is 1. The summed E-state index contributed by atoms with van der Waals surface area (Å²) in [6.07, 6.45) is 2.40. The SMILES string of the molecule is COc1ccc(NC(C)(C)C(=O)NC[C@@H]2CCCN(C)C2)cc1. The molecule has 2 N–H and O–H groups in total. The summed E-state index contributed by atoms with van der Waals surface area (Å²) in [7, 11) is 3.78. The lowest BCUT2D eigenvalue weighted by atomic mass is 9.97. The average molecular weight is 319 g/mol. The molecule has 0 radical (unpaired) electrons. The Morgan fingerprint density at radius 2 is 2.04 bits per heavy atom. The van der Waals surface area contributed by atoms with Crippen LogP contribution >= 0.6 is 0 Å². The Morgan fingerprint density at radius 3 is 2.65 bits per heavy atom. The molecule has 128 valence electrons. The molecular formula is C18H29N3O2. The van der Waals surface area contributed by atoms with Gasteiger partial charge in [0.15, 0.2) is 0 Å². The van der Waals surface area contributed by atoms with E-state index in [0.717, 1.165) is 31.1 Å². The first-order valence-corrected chi connectivity index (χ1v) is 8.30. The molecule has 1 saturated heterocycles. The minimum atomic E-state index is -0.658. The minimum absolute atomic E-state index is 0.0292. The van der Waals surface area contributed by atoms with Gasteiger partial charge < -0.3 is 20.3 Å². The molecule has 2 rings (SSSR count). The number of carbonyl (C=O) groups is 1. The van der Waals surface area contributed by atoms with Gasteiger partial charge in [0.1, 0.15) is 11.3 Å². The smallest absolute Gasteiger partial charge is 0.245 e. The normalized spacial score (nSPS) is 19.2. The molecule has 5 heteroatoms. The number of nitrogens with one attached hydrogen (secondary N) is 2. The lowest BCUT2D eigenvalue weighted by Crippen LogP contribution is -2.50. The van der Waals surface area contributed by atoms with Gasteiger partial charge in [0.25, 0.3) is 0 Å². The molecule has 1 aliphatic heterocycles. The second-order valence-electron chi connectivity index (χ2n) is 6.96. The number of ether oxygens (including phenoxy) is 1. The molecule has 1 heterocycles. The van der Waals surface area contributed by atoms with Gasteiger partial charge in [0.05, 0.1) is 7.11 Å². The van der Waals surface area contributed by atoms with E-state index in [9.17, 15) is 4.79 Å². The molecule has 23 heavy (non-hydrogen) atoms. The fraction of sp³-hybridized carbons (Fsp3) is 0.611. The third kappa shape index (κ3) is 5.13. The Kier molecular flexibility index (Phi) is 5.88. The minimum Gasteiger partial charge on any atom is -0.497 e. The fourth-order valence-corrected chi connectivity index (χ4v) is 2.99. The van der Waals surface area contributed by atoms with Gasteiger partial charge in [0.2, 0.25) is 5.91 Å². The van der Waals surface area contributed by atoms with Crippen molar-refractivity contribution in [2.75, 3.05) is 39.1 Å². The number of rotatable bonds is 6. The van der Waals surface area contributed by atoms with Crippen LogP contribution in [0.3, 0.4) is 0 Å². The van der Waals surface area contributed by atoms with E-state index >= 15 is 0 Å². The summed E-state index contributed by atoms with van der Waals surface area (Å²) >= 11 is 0. The van der Waals surface area contributed by atoms with Crippen molar-refractivity contribution in [3.05, 3.63) is 24.3 Å². The second kappa shape index (κ2) is 7.68. The predicted octanol–water partition coefficient (Wildman–Crippen LogP) is 2.34. The van der Waals surface area contributed by atoms with E-state index in [1.165, 1.54) is 12.8 Å². The van der Waals surface area contributed by atoms with E-state index in [-0.39, 0.29) is 5.91 Å². The van der Waals surface area contributed by atoms with Gasteiger partial charge in [-0.25, -0.2) is 0 Å². The predicted molar refractivity (Wildman–Crippen MR) is 93.9 cm³/mol. The van der Waals surface area contributed by atoms with Gasteiger partial charge in [-0.05, 0) is 70.5 Å². The maximum absolute atomic E-state index is 12.5. The highest BCUT2D eigenvalue weighted by Gasteiger charge is 2.28. The Bertz CT molecular complexity index is 514. The molecule has 1 aliphatic rings. The van der Waals surface area contributed by atoms with Crippen LogP contribution in [0, 0.1) is 5.92 Å². The molecule has 0 aromatic heterocycles. The molecule has 1 atom stereocenters. The molecule has 5 nitrogen and oxygen atoms in total. The summed E-state index contributed by atoms with van der Waals surface area (Å²) in [4.78, 5) is 14.8. The van der Waals surface area contributed by atoms with Crippen molar-refractivity contribution in [1.82, 2.24) is 10.2 Å². The number of hydrogen-bond donors (Lipinski definition) is 2. The van der Waals surface area contributed by atoms with E-state index in [1.807, 2.05) is 38.1 Å². The molecular weight excluding hydrogens is 290 g/mol. The van der Waals surface area contributed by atoms with Gasteiger partial charge in [0, 0.05) is 18.8 Å². The average Bonchev–Trinajstić information content (AvgIpc) is 2.53. The Labute approximate surface area is 139 Å². The summed E-state index contributed by atoms with van der Waals surface area (Å²) in [5.41, 5.74) is 0.248. The lowest BCUT2D eigenvalue weighted by molar-refractivity contribution is -0.124. The van der Waals surface area contributed by atoms with Crippen LogP contribution in [-0.4, -0.2) is 50.1 Å². The topological polar surface area (TPSA) is 53.6 Å². The Morgan fingerprint density at radius 1 is 1.35 bits per heavy atom. The van der Waals surface area contributed by atoms with Crippen molar-refractivity contribution in [2.24, 2.45) is 5.92 Å². The molecule has 1 amide bonds. The summed E-state index contributed by atoms with van der Waals surface area (Å²) in [6.45, 7) is 6.78. The Hall–Kier alpha value is -1.75. The number of piperidine rings is 1. The quantitative estimate of drug-likeness (QED) is 0.845. The zero-order valence-corrected chi connectivity index (χ0v) is 14.7. The number of hydrogen-bond acceptors (Lipinski definition) is 4. The lowest BCUT2D eigenvalue weighted by Gasteiger charge is -2.31. The van der Waals surface area contributed by atoms with Crippen LogP contribution in [0.15, 0.2) is 24.3 Å². The monoisotopic (exact) mass is 319 g/mol. The van der Waals surface area contributed by atoms with E-state index < -0.39 is 5.54 Å². The number of anilines is 1. The van der Waals surface area contributed by atoms with Crippen LogP contribution in [0.5, 0.6) is 5.75 Å². The highest BCUT2D eigenvalue weighted by molar-refractivity contribution is 5.88. The standard InChI is InChI=1S/C18H29N3O2/c1-18(2,20-15-7-9-16(23-4)10-8-15)17(22)19-12-14-6-5-11-21(3)13-14/h7-10,14,20H,5-6,11-13H2,1-4H3,(H,19,22)/t14-/m0/s1. The number of likely N-dealkylation sites (tertiary alicyclic amines) is 1. The second-order valence-corrected chi connectivity index (χ2v) is 6.96. The van der Waals surface area contributed by atoms with Crippen molar-refractivity contribution < 1.29 is 9.53 Å². The molecule has 1 aromatic rings. The van der Waals surface area contributed by atoms with E-state index in [1.54, 1.807) is 7.11 Å². The van der Waals surface area contributed by atoms with Crippen molar-refractivity contribution in [3.63, 3.8) is 0 Å². The van der Waals surface area contributed by atoms with Crippen molar-refractivity contribution in [3.8, 4) is 5.75 Å².